The van der Waals surface area contributed by atoms with Crippen LogP contribution in [0.3, 0.4) is 0 Å². The molecule has 4 rings (SSSR count). The molecular weight excluding hydrogens is 409 g/mol. The number of nitrogens with one attached hydrogen (secondary N) is 2. The first-order valence-corrected chi connectivity index (χ1v) is 11.3. The summed E-state index contributed by atoms with van der Waals surface area (Å²) in [5.41, 5.74) is 2.53. The van der Waals surface area contributed by atoms with Crippen LogP contribution in [0.1, 0.15) is 28.9 Å². The average molecular weight is 431 g/mol. The van der Waals surface area contributed by atoms with E-state index in [1.54, 1.807) is 12.1 Å². The molecule has 0 saturated carbocycles. The third kappa shape index (κ3) is 3.44. The van der Waals surface area contributed by atoms with Gasteiger partial charge in [0, 0.05) is 43.2 Å². The van der Waals surface area contributed by atoms with Crippen LogP contribution in [-0.2, 0) is 10.0 Å². The molecular formula is C21H22FN3O4S. The molecule has 2 N–H and O–H groups in total. The minimum absolute atomic E-state index is 0.127. The number of rotatable bonds is 3. The van der Waals surface area contributed by atoms with Crippen molar-refractivity contribution in [1.29, 1.82) is 0 Å². The molecule has 1 unspecified atom stereocenters. The maximum absolute atomic E-state index is 13.4. The number of anilines is 1. The van der Waals surface area contributed by atoms with Gasteiger partial charge in [-0.2, -0.15) is 0 Å². The molecule has 0 fully saturated rings. The second-order valence-electron chi connectivity index (χ2n) is 7.31. The van der Waals surface area contributed by atoms with Crippen molar-refractivity contribution in [2.45, 2.75) is 13.0 Å². The number of halogens is 1. The van der Waals surface area contributed by atoms with E-state index < -0.39 is 15.8 Å². The molecule has 7 nitrogen and oxygen atoms in total. The minimum atomic E-state index is -3.51. The van der Waals surface area contributed by atoms with E-state index >= 15 is 0 Å². The summed E-state index contributed by atoms with van der Waals surface area (Å²) in [5.74, 6) is -0.440. The Kier molecular flexibility index (Phi) is 5.03. The maximum atomic E-state index is 13.4. The summed E-state index contributed by atoms with van der Waals surface area (Å²) in [7, 11) is -1.98. The summed E-state index contributed by atoms with van der Waals surface area (Å²) in [6, 6.07) is 9.00. The summed E-state index contributed by atoms with van der Waals surface area (Å²) in [5, 5.41) is 6.48. The lowest BCUT2D eigenvalue weighted by Crippen LogP contribution is -2.33. The van der Waals surface area contributed by atoms with Crippen molar-refractivity contribution >= 4 is 32.6 Å². The van der Waals surface area contributed by atoms with Crippen molar-refractivity contribution in [3.8, 4) is 11.3 Å². The lowest BCUT2D eigenvalue weighted by atomic mass is 9.99. The Morgan fingerprint density at radius 1 is 1.27 bits per heavy atom. The molecule has 1 aliphatic heterocycles. The molecule has 0 saturated heterocycles. The zero-order valence-electron chi connectivity index (χ0n) is 16.8. The SMILES string of the molecule is CNC(=O)c1c(-c2ccc(F)cc2)oc2cc3c(cc12)C(C)NCCN3S(C)(=O)=O. The number of sulfonamides is 1. The molecule has 0 spiro atoms. The van der Waals surface area contributed by atoms with E-state index in [0.717, 1.165) is 5.56 Å². The van der Waals surface area contributed by atoms with Crippen LogP contribution in [0, 0.1) is 5.82 Å². The molecule has 2 heterocycles. The summed E-state index contributed by atoms with van der Waals surface area (Å²) in [6.07, 6.45) is 1.17. The Labute approximate surface area is 173 Å². The number of fused-ring (bicyclic) bond motifs is 2. The van der Waals surface area contributed by atoms with Crippen LogP contribution >= 0.6 is 0 Å². The fourth-order valence-corrected chi connectivity index (χ4v) is 4.76. The van der Waals surface area contributed by atoms with Crippen LogP contribution in [0.15, 0.2) is 40.8 Å². The molecule has 1 amide bonds. The first kappa shape index (κ1) is 20.4. The number of carbonyl (C=O) groups excluding carboxylic acids is 1. The highest BCUT2D eigenvalue weighted by molar-refractivity contribution is 7.92. The van der Waals surface area contributed by atoms with E-state index in [2.05, 4.69) is 10.6 Å². The van der Waals surface area contributed by atoms with Gasteiger partial charge in [-0.25, -0.2) is 12.8 Å². The van der Waals surface area contributed by atoms with Gasteiger partial charge >= 0.3 is 0 Å². The number of benzene rings is 2. The van der Waals surface area contributed by atoms with Gasteiger partial charge in [-0.05, 0) is 42.8 Å². The van der Waals surface area contributed by atoms with Crippen molar-refractivity contribution in [2.75, 3.05) is 30.7 Å². The Morgan fingerprint density at radius 2 is 1.97 bits per heavy atom. The highest BCUT2D eigenvalue weighted by Crippen LogP contribution is 2.40. The fourth-order valence-electron chi connectivity index (χ4n) is 3.82. The first-order valence-electron chi connectivity index (χ1n) is 9.50. The quantitative estimate of drug-likeness (QED) is 0.665. The number of furan rings is 1. The Bertz CT molecular complexity index is 1240. The van der Waals surface area contributed by atoms with Crippen molar-refractivity contribution in [1.82, 2.24) is 10.6 Å². The molecule has 0 radical (unpaired) electrons. The van der Waals surface area contributed by atoms with Gasteiger partial charge in [-0.15, -0.1) is 0 Å². The molecule has 158 valence electrons. The van der Waals surface area contributed by atoms with Gasteiger partial charge in [-0.3, -0.25) is 9.10 Å². The number of amides is 1. The smallest absolute Gasteiger partial charge is 0.255 e. The fraction of sp³-hybridized carbons (Fsp3) is 0.286. The van der Waals surface area contributed by atoms with Crippen LogP contribution < -0.4 is 14.9 Å². The predicted octanol–water partition coefficient (Wildman–Crippen LogP) is 3.03. The molecule has 1 aliphatic rings. The topological polar surface area (TPSA) is 91.7 Å². The molecule has 30 heavy (non-hydrogen) atoms. The third-order valence-corrected chi connectivity index (χ3v) is 6.48. The number of hydrogen-bond donors (Lipinski definition) is 2. The molecule has 2 aromatic carbocycles. The van der Waals surface area contributed by atoms with Crippen LogP contribution in [-0.4, -0.2) is 40.7 Å². The van der Waals surface area contributed by atoms with E-state index in [4.69, 9.17) is 4.42 Å². The lowest BCUT2D eigenvalue weighted by molar-refractivity contribution is 0.0964. The zero-order chi connectivity index (χ0) is 21.6. The van der Waals surface area contributed by atoms with E-state index in [1.807, 2.05) is 6.92 Å². The average Bonchev–Trinajstić information content (AvgIpc) is 2.98. The summed E-state index contributed by atoms with van der Waals surface area (Å²) < 4.78 is 45.5. The standard InChI is InChI=1S/C21H22FN3O4S/c1-12-15-10-16-18(11-17(15)25(9-8-24-12)30(3,27)28)29-20(19(16)21(26)23-2)13-4-6-14(22)7-5-13/h4-7,10-12,24H,8-9H2,1-3H3,(H,23,26). The number of nitrogens with zero attached hydrogens (tertiary/aromatic N) is 1. The summed E-state index contributed by atoms with van der Waals surface area (Å²) in [4.78, 5) is 12.7. The monoisotopic (exact) mass is 431 g/mol. The van der Waals surface area contributed by atoms with Gasteiger partial charge < -0.3 is 15.1 Å². The summed E-state index contributed by atoms with van der Waals surface area (Å²) in [6.45, 7) is 2.72. The van der Waals surface area contributed by atoms with Crippen molar-refractivity contribution in [3.05, 3.63) is 53.3 Å². The van der Waals surface area contributed by atoms with Crippen molar-refractivity contribution < 1.29 is 22.0 Å². The molecule has 1 atom stereocenters. The highest BCUT2D eigenvalue weighted by atomic mass is 32.2. The molecule has 1 aromatic heterocycles. The van der Waals surface area contributed by atoms with E-state index in [1.165, 1.54) is 41.9 Å². The summed E-state index contributed by atoms with van der Waals surface area (Å²) >= 11 is 0. The predicted molar refractivity (Wildman–Crippen MR) is 114 cm³/mol. The molecule has 0 aliphatic carbocycles. The van der Waals surface area contributed by atoms with Gasteiger partial charge in [0.25, 0.3) is 5.91 Å². The second-order valence-corrected chi connectivity index (χ2v) is 9.22. The normalized spacial score (nSPS) is 16.9. The Morgan fingerprint density at radius 3 is 2.60 bits per heavy atom. The molecule has 0 bridgehead atoms. The van der Waals surface area contributed by atoms with Gasteiger partial charge in [0.1, 0.15) is 17.2 Å². The number of hydrogen-bond acceptors (Lipinski definition) is 5. The van der Waals surface area contributed by atoms with Gasteiger partial charge in [0.15, 0.2) is 0 Å². The van der Waals surface area contributed by atoms with Gasteiger partial charge in [0.2, 0.25) is 10.0 Å². The maximum Gasteiger partial charge on any atom is 0.255 e. The zero-order valence-corrected chi connectivity index (χ0v) is 17.6. The molecule has 9 heteroatoms. The van der Waals surface area contributed by atoms with Crippen LogP contribution in [0.4, 0.5) is 10.1 Å². The Hall–Kier alpha value is -2.91. The van der Waals surface area contributed by atoms with Crippen LogP contribution in [0.25, 0.3) is 22.3 Å². The van der Waals surface area contributed by atoms with E-state index in [-0.39, 0.29) is 18.5 Å². The second kappa shape index (κ2) is 7.41. The van der Waals surface area contributed by atoms with E-state index in [0.29, 0.717) is 40.1 Å². The van der Waals surface area contributed by atoms with Crippen molar-refractivity contribution in [3.63, 3.8) is 0 Å². The van der Waals surface area contributed by atoms with Crippen molar-refractivity contribution in [2.24, 2.45) is 0 Å². The van der Waals surface area contributed by atoms with Crippen LogP contribution in [0.2, 0.25) is 0 Å². The van der Waals surface area contributed by atoms with E-state index in [9.17, 15) is 17.6 Å². The highest BCUT2D eigenvalue weighted by Gasteiger charge is 2.29. The Balaban J connectivity index is 2.03. The molecule has 3 aromatic rings. The first-order chi connectivity index (χ1) is 14.2. The van der Waals surface area contributed by atoms with Gasteiger partial charge in [-0.1, -0.05) is 0 Å². The largest absolute Gasteiger partial charge is 0.455 e. The third-order valence-electron chi connectivity index (χ3n) is 5.30. The minimum Gasteiger partial charge on any atom is -0.455 e. The van der Waals surface area contributed by atoms with Crippen LogP contribution in [0.5, 0.6) is 0 Å². The van der Waals surface area contributed by atoms with Gasteiger partial charge in [0.05, 0.1) is 17.5 Å². The number of carbonyl (C=O) groups is 1. The lowest BCUT2D eigenvalue weighted by Gasteiger charge is -2.22.